The number of halogens is 1. The van der Waals surface area contributed by atoms with Crippen LogP contribution < -0.4 is 10.0 Å². The molecule has 0 unspecified atom stereocenters. The number of benzene rings is 2. The molecule has 0 fully saturated rings. The molecule has 2 aromatic rings. The molecule has 21 heavy (non-hydrogen) atoms. The largest absolute Gasteiger partial charge is 0.316 e. The molecule has 0 aliphatic carbocycles. The molecule has 0 bridgehead atoms. The lowest BCUT2D eigenvalue weighted by Gasteiger charge is -2.09. The summed E-state index contributed by atoms with van der Waals surface area (Å²) in [4.78, 5) is 0.173. The Hall–Kier alpha value is -1.76. The Bertz CT molecular complexity index is 717. The van der Waals surface area contributed by atoms with Gasteiger partial charge in [0.05, 0.1) is 4.90 Å². The highest BCUT2D eigenvalue weighted by molar-refractivity contribution is 7.89. The average Bonchev–Trinajstić information content (AvgIpc) is 2.47. The zero-order valence-electron chi connectivity index (χ0n) is 11.6. The van der Waals surface area contributed by atoms with Crippen LogP contribution in [0.2, 0.25) is 0 Å². The fourth-order valence-corrected chi connectivity index (χ4v) is 3.00. The smallest absolute Gasteiger partial charge is 0.240 e. The van der Waals surface area contributed by atoms with E-state index in [1.807, 2.05) is 6.07 Å². The minimum absolute atomic E-state index is 0.0781. The van der Waals surface area contributed by atoms with Crippen molar-refractivity contribution in [1.82, 2.24) is 10.0 Å². The van der Waals surface area contributed by atoms with Crippen molar-refractivity contribution in [3.05, 3.63) is 65.5 Å². The van der Waals surface area contributed by atoms with Crippen LogP contribution in [0.1, 0.15) is 11.1 Å². The van der Waals surface area contributed by atoms with E-state index in [-0.39, 0.29) is 11.4 Å². The van der Waals surface area contributed by atoms with E-state index in [4.69, 9.17) is 0 Å². The van der Waals surface area contributed by atoms with Crippen LogP contribution in [0.15, 0.2) is 53.4 Å². The maximum atomic E-state index is 13.5. The first-order valence-corrected chi connectivity index (χ1v) is 7.98. The number of sulfonamides is 1. The van der Waals surface area contributed by atoms with Gasteiger partial charge in [-0.3, -0.25) is 0 Å². The number of hydrogen-bond acceptors (Lipinski definition) is 3. The van der Waals surface area contributed by atoms with Crippen molar-refractivity contribution in [3.63, 3.8) is 0 Å². The third-order valence-corrected chi connectivity index (χ3v) is 4.40. The van der Waals surface area contributed by atoms with Gasteiger partial charge < -0.3 is 5.32 Å². The van der Waals surface area contributed by atoms with Crippen LogP contribution in [0.5, 0.6) is 0 Å². The van der Waals surface area contributed by atoms with Crippen molar-refractivity contribution >= 4 is 10.0 Å². The Morgan fingerprint density at radius 2 is 1.81 bits per heavy atom. The Kier molecular flexibility index (Phi) is 5.06. The molecule has 112 valence electrons. The molecule has 0 heterocycles. The molecule has 0 atom stereocenters. The molecule has 0 aromatic heterocycles. The lowest BCUT2D eigenvalue weighted by molar-refractivity contribution is 0.574. The van der Waals surface area contributed by atoms with E-state index in [1.54, 1.807) is 37.4 Å². The first-order valence-electron chi connectivity index (χ1n) is 6.49. The Morgan fingerprint density at radius 1 is 1.05 bits per heavy atom. The standard InChI is InChI=1S/C15H17FN2O2S/c1-17-10-12-5-4-7-14(9-12)21(19,20)18-11-13-6-2-3-8-15(13)16/h2-9,17-18H,10-11H2,1H3. The van der Waals surface area contributed by atoms with Gasteiger partial charge in [-0.05, 0) is 30.8 Å². The van der Waals surface area contributed by atoms with E-state index in [9.17, 15) is 12.8 Å². The molecule has 0 aliphatic rings. The van der Waals surface area contributed by atoms with Crippen molar-refractivity contribution in [2.45, 2.75) is 18.0 Å². The molecule has 2 aromatic carbocycles. The van der Waals surface area contributed by atoms with Gasteiger partial charge in [-0.15, -0.1) is 0 Å². The molecule has 4 nitrogen and oxygen atoms in total. The van der Waals surface area contributed by atoms with Crippen molar-refractivity contribution in [3.8, 4) is 0 Å². The van der Waals surface area contributed by atoms with Gasteiger partial charge in [0, 0.05) is 18.7 Å². The number of nitrogens with one attached hydrogen (secondary N) is 2. The number of hydrogen-bond donors (Lipinski definition) is 2. The lowest BCUT2D eigenvalue weighted by Crippen LogP contribution is -2.24. The third kappa shape index (κ3) is 4.10. The zero-order chi connectivity index (χ0) is 15.3. The van der Waals surface area contributed by atoms with Crippen molar-refractivity contribution in [2.75, 3.05) is 7.05 Å². The second-order valence-corrected chi connectivity index (χ2v) is 6.36. The van der Waals surface area contributed by atoms with Crippen LogP contribution in [-0.2, 0) is 23.1 Å². The van der Waals surface area contributed by atoms with Crippen molar-refractivity contribution in [2.24, 2.45) is 0 Å². The Labute approximate surface area is 124 Å². The maximum Gasteiger partial charge on any atom is 0.240 e. The maximum absolute atomic E-state index is 13.5. The molecular weight excluding hydrogens is 291 g/mol. The Morgan fingerprint density at radius 3 is 2.52 bits per heavy atom. The van der Waals surface area contributed by atoms with Crippen LogP contribution >= 0.6 is 0 Å². The van der Waals surface area contributed by atoms with Crippen LogP contribution in [0.4, 0.5) is 4.39 Å². The first kappa shape index (κ1) is 15.6. The molecule has 0 saturated carbocycles. The molecule has 2 N–H and O–H groups in total. The van der Waals surface area contributed by atoms with E-state index in [0.29, 0.717) is 12.1 Å². The van der Waals surface area contributed by atoms with Crippen LogP contribution in [0.25, 0.3) is 0 Å². The highest BCUT2D eigenvalue weighted by atomic mass is 32.2. The summed E-state index contributed by atoms with van der Waals surface area (Å²) in [5.74, 6) is -0.427. The summed E-state index contributed by atoms with van der Waals surface area (Å²) in [7, 11) is -1.87. The van der Waals surface area contributed by atoms with E-state index in [2.05, 4.69) is 10.0 Å². The van der Waals surface area contributed by atoms with Gasteiger partial charge in [0.25, 0.3) is 0 Å². The summed E-state index contributed by atoms with van der Waals surface area (Å²) in [5.41, 5.74) is 1.18. The van der Waals surface area contributed by atoms with Gasteiger partial charge in [0.2, 0.25) is 10.0 Å². The number of rotatable bonds is 6. The minimum atomic E-state index is -3.66. The van der Waals surface area contributed by atoms with Crippen molar-refractivity contribution < 1.29 is 12.8 Å². The highest BCUT2D eigenvalue weighted by Crippen LogP contribution is 2.13. The van der Waals surface area contributed by atoms with E-state index >= 15 is 0 Å². The highest BCUT2D eigenvalue weighted by Gasteiger charge is 2.14. The van der Waals surface area contributed by atoms with Gasteiger partial charge in [-0.2, -0.15) is 0 Å². The topological polar surface area (TPSA) is 58.2 Å². The molecular formula is C15H17FN2O2S. The molecule has 0 aliphatic heterocycles. The normalized spacial score (nSPS) is 11.5. The zero-order valence-corrected chi connectivity index (χ0v) is 12.5. The quantitative estimate of drug-likeness (QED) is 0.858. The summed E-state index contributed by atoms with van der Waals surface area (Å²) in [6.45, 7) is 0.502. The monoisotopic (exact) mass is 308 g/mol. The predicted octanol–water partition coefficient (Wildman–Crippen LogP) is 2.02. The van der Waals surface area contributed by atoms with Crippen LogP contribution in [0.3, 0.4) is 0 Å². The molecule has 6 heteroatoms. The first-order chi connectivity index (χ1) is 10.0. The third-order valence-electron chi connectivity index (χ3n) is 3.00. The molecule has 2 rings (SSSR count). The Balaban J connectivity index is 2.15. The molecule has 0 spiro atoms. The molecule has 0 amide bonds. The second kappa shape index (κ2) is 6.80. The fraction of sp³-hybridized carbons (Fsp3) is 0.200. The lowest BCUT2D eigenvalue weighted by atomic mass is 10.2. The predicted molar refractivity (Wildman–Crippen MR) is 79.6 cm³/mol. The fourth-order valence-electron chi connectivity index (χ4n) is 1.92. The SMILES string of the molecule is CNCc1cccc(S(=O)(=O)NCc2ccccc2F)c1. The van der Waals surface area contributed by atoms with E-state index in [0.717, 1.165) is 5.56 Å². The summed E-state index contributed by atoms with van der Waals surface area (Å²) in [5, 5.41) is 2.96. The van der Waals surface area contributed by atoms with Crippen molar-refractivity contribution in [1.29, 1.82) is 0 Å². The summed E-state index contributed by atoms with van der Waals surface area (Å²) in [6, 6.07) is 12.7. The van der Waals surface area contributed by atoms with Gasteiger partial charge in [-0.1, -0.05) is 30.3 Å². The summed E-state index contributed by atoms with van der Waals surface area (Å²) < 4.78 is 40.3. The minimum Gasteiger partial charge on any atom is -0.316 e. The molecule has 0 radical (unpaired) electrons. The average molecular weight is 308 g/mol. The van der Waals surface area contributed by atoms with Gasteiger partial charge >= 0.3 is 0 Å². The van der Waals surface area contributed by atoms with Gasteiger partial charge in [0.1, 0.15) is 5.82 Å². The summed E-state index contributed by atoms with van der Waals surface area (Å²) in [6.07, 6.45) is 0. The second-order valence-electron chi connectivity index (χ2n) is 4.59. The van der Waals surface area contributed by atoms with Gasteiger partial charge in [0.15, 0.2) is 0 Å². The van der Waals surface area contributed by atoms with E-state index in [1.165, 1.54) is 12.1 Å². The van der Waals surface area contributed by atoms with Crippen LogP contribution in [0, 0.1) is 5.82 Å². The molecule has 0 saturated heterocycles. The van der Waals surface area contributed by atoms with E-state index < -0.39 is 15.8 Å². The summed E-state index contributed by atoms with van der Waals surface area (Å²) >= 11 is 0. The van der Waals surface area contributed by atoms with Crippen LogP contribution in [-0.4, -0.2) is 15.5 Å². The van der Waals surface area contributed by atoms with Gasteiger partial charge in [-0.25, -0.2) is 17.5 Å².